The minimum absolute atomic E-state index is 0.748. The van der Waals surface area contributed by atoms with Crippen molar-refractivity contribution in [2.24, 2.45) is 0 Å². The van der Waals surface area contributed by atoms with Crippen molar-refractivity contribution >= 4 is 15.9 Å². The lowest BCUT2D eigenvalue weighted by Crippen LogP contribution is -1.94. The summed E-state index contributed by atoms with van der Waals surface area (Å²) in [6.45, 7) is 2.21. The Bertz CT molecular complexity index is 289. The predicted molar refractivity (Wildman–Crippen MR) is 65.1 cm³/mol. The van der Waals surface area contributed by atoms with E-state index < -0.39 is 0 Å². The van der Waals surface area contributed by atoms with Crippen molar-refractivity contribution < 1.29 is 0 Å². The minimum atomic E-state index is 0.748. The standard InChI is InChI=1S/C13H17Br/c1-2-10-3-5-11(6-4-10)12-7-8-13(14)9-12/h3-6,12-13H,2,7-9H2,1H3. The number of halogens is 1. The normalized spacial score (nSPS) is 26.7. The molecule has 0 N–H and O–H groups in total. The highest BCUT2D eigenvalue weighted by atomic mass is 79.9. The van der Waals surface area contributed by atoms with Crippen molar-refractivity contribution in [3.05, 3.63) is 35.4 Å². The molecule has 1 saturated carbocycles. The second-order valence-corrected chi connectivity index (χ2v) is 5.50. The predicted octanol–water partition coefficient (Wildman–Crippen LogP) is 4.28. The van der Waals surface area contributed by atoms with Crippen molar-refractivity contribution in [2.45, 2.75) is 43.4 Å². The first kappa shape index (κ1) is 10.2. The summed E-state index contributed by atoms with van der Waals surface area (Å²) in [7, 11) is 0. The first-order valence-electron chi connectivity index (χ1n) is 5.52. The van der Waals surface area contributed by atoms with Crippen LogP contribution in [-0.2, 0) is 6.42 Å². The summed E-state index contributed by atoms with van der Waals surface area (Å²) >= 11 is 3.70. The zero-order valence-corrected chi connectivity index (χ0v) is 10.3. The zero-order valence-electron chi connectivity index (χ0n) is 8.67. The van der Waals surface area contributed by atoms with E-state index in [-0.39, 0.29) is 0 Å². The monoisotopic (exact) mass is 252 g/mol. The van der Waals surface area contributed by atoms with E-state index in [0.717, 1.165) is 17.2 Å². The molecular weight excluding hydrogens is 236 g/mol. The highest BCUT2D eigenvalue weighted by Gasteiger charge is 2.23. The van der Waals surface area contributed by atoms with Crippen LogP contribution in [0.15, 0.2) is 24.3 Å². The number of aryl methyl sites for hydroxylation is 1. The Balaban J connectivity index is 2.09. The molecule has 14 heavy (non-hydrogen) atoms. The molecule has 1 aromatic rings. The van der Waals surface area contributed by atoms with E-state index in [9.17, 15) is 0 Å². The molecule has 1 heteroatoms. The molecule has 0 amide bonds. The maximum atomic E-state index is 3.70. The second kappa shape index (κ2) is 4.48. The highest BCUT2D eigenvalue weighted by Crippen LogP contribution is 2.37. The van der Waals surface area contributed by atoms with Crippen molar-refractivity contribution in [3.8, 4) is 0 Å². The molecule has 0 bridgehead atoms. The molecule has 0 nitrogen and oxygen atoms in total. The fraction of sp³-hybridized carbons (Fsp3) is 0.538. The van der Waals surface area contributed by atoms with Gasteiger partial charge in [0.25, 0.3) is 0 Å². The molecule has 0 saturated heterocycles. The lowest BCUT2D eigenvalue weighted by atomic mass is 9.96. The van der Waals surface area contributed by atoms with Crippen LogP contribution in [0.25, 0.3) is 0 Å². The molecule has 2 atom stereocenters. The quantitative estimate of drug-likeness (QED) is 0.690. The Kier molecular flexibility index (Phi) is 3.27. The van der Waals surface area contributed by atoms with Crippen molar-refractivity contribution in [1.29, 1.82) is 0 Å². The van der Waals surface area contributed by atoms with E-state index in [4.69, 9.17) is 0 Å². The van der Waals surface area contributed by atoms with E-state index >= 15 is 0 Å². The smallest absolute Gasteiger partial charge is 0.0151 e. The molecule has 0 spiro atoms. The summed E-state index contributed by atoms with van der Waals surface area (Å²) < 4.78 is 0. The summed E-state index contributed by atoms with van der Waals surface area (Å²) in [4.78, 5) is 0.748. The molecule has 76 valence electrons. The third-order valence-electron chi connectivity index (χ3n) is 3.23. The van der Waals surface area contributed by atoms with Gasteiger partial charge < -0.3 is 0 Å². The molecule has 0 aliphatic heterocycles. The number of benzene rings is 1. The van der Waals surface area contributed by atoms with E-state index in [2.05, 4.69) is 47.1 Å². The van der Waals surface area contributed by atoms with Gasteiger partial charge >= 0.3 is 0 Å². The average molecular weight is 253 g/mol. The summed E-state index contributed by atoms with van der Waals surface area (Å²) in [5.41, 5.74) is 2.98. The van der Waals surface area contributed by atoms with Crippen LogP contribution in [0.5, 0.6) is 0 Å². The zero-order chi connectivity index (χ0) is 9.97. The van der Waals surface area contributed by atoms with Gasteiger partial charge in [-0.1, -0.05) is 47.1 Å². The van der Waals surface area contributed by atoms with E-state index in [1.165, 1.54) is 30.4 Å². The third kappa shape index (κ3) is 2.20. The molecule has 2 unspecified atom stereocenters. The average Bonchev–Trinajstić information content (AvgIpc) is 2.65. The summed E-state index contributed by atoms with van der Waals surface area (Å²) in [5, 5.41) is 0. The Morgan fingerprint density at radius 1 is 1.21 bits per heavy atom. The largest absolute Gasteiger partial charge is 0.0890 e. The number of alkyl halides is 1. The van der Waals surface area contributed by atoms with Gasteiger partial charge in [-0.3, -0.25) is 0 Å². The Labute approximate surface area is 94.8 Å². The fourth-order valence-corrected chi connectivity index (χ4v) is 2.97. The van der Waals surface area contributed by atoms with Crippen LogP contribution >= 0.6 is 15.9 Å². The van der Waals surface area contributed by atoms with E-state index in [1.54, 1.807) is 0 Å². The van der Waals surface area contributed by atoms with Crippen LogP contribution in [0.4, 0.5) is 0 Å². The molecule has 2 rings (SSSR count). The van der Waals surface area contributed by atoms with Crippen LogP contribution in [0.3, 0.4) is 0 Å². The minimum Gasteiger partial charge on any atom is -0.0890 e. The SMILES string of the molecule is CCc1ccc(C2CCC(Br)C2)cc1. The maximum Gasteiger partial charge on any atom is 0.0151 e. The lowest BCUT2D eigenvalue weighted by molar-refractivity contribution is 0.725. The molecular formula is C13H17Br. The van der Waals surface area contributed by atoms with Crippen molar-refractivity contribution in [2.75, 3.05) is 0 Å². The summed E-state index contributed by atoms with van der Waals surface area (Å²) in [6.07, 6.45) is 5.14. The molecule has 1 fully saturated rings. The van der Waals surface area contributed by atoms with Gasteiger partial charge in [-0.15, -0.1) is 0 Å². The third-order valence-corrected chi connectivity index (χ3v) is 4.06. The van der Waals surface area contributed by atoms with Crippen molar-refractivity contribution in [3.63, 3.8) is 0 Å². The summed E-state index contributed by atoms with van der Waals surface area (Å²) in [6, 6.07) is 9.18. The first-order valence-corrected chi connectivity index (χ1v) is 6.44. The number of rotatable bonds is 2. The van der Waals surface area contributed by atoms with Gasteiger partial charge in [0.1, 0.15) is 0 Å². The highest BCUT2D eigenvalue weighted by molar-refractivity contribution is 9.09. The topological polar surface area (TPSA) is 0 Å². The van der Waals surface area contributed by atoms with Crippen LogP contribution < -0.4 is 0 Å². The first-order chi connectivity index (χ1) is 6.79. The van der Waals surface area contributed by atoms with Gasteiger partial charge in [-0.2, -0.15) is 0 Å². The van der Waals surface area contributed by atoms with Crippen LogP contribution in [-0.4, -0.2) is 4.83 Å². The van der Waals surface area contributed by atoms with Crippen LogP contribution in [0, 0.1) is 0 Å². The Hall–Kier alpha value is -0.300. The van der Waals surface area contributed by atoms with Gasteiger partial charge in [0.15, 0.2) is 0 Å². The maximum absolute atomic E-state index is 3.70. The van der Waals surface area contributed by atoms with Crippen molar-refractivity contribution in [1.82, 2.24) is 0 Å². The molecule has 0 radical (unpaired) electrons. The number of hydrogen-bond acceptors (Lipinski definition) is 0. The van der Waals surface area contributed by atoms with Gasteiger partial charge in [-0.05, 0) is 42.7 Å². The second-order valence-electron chi connectivity index (χ2n) is 4.20. The van der Waals surface area contributed by atoms with Gasteiger partial charge in [0.2, 0.25) is 0 Å². The fourth-order valence-electron chi connectivity index (χ4n) is 2.25. The molecule has 0 aromatic heterocycles. The summed E-state index contributed by atoms with van der Waals surface area (Å²) in [5.74, 6) is 0.797. The van der Waals surface area contributed by atoms with Crippen LogP contribution in [0.1, 0.15) is 43.2 Å². The lowest BCUT2D eigenvalue weighted by Gasteiger charge is -2.09. The molecule has 1 aliphatic rings. The van der Waals surface area contributed by atoms with E-state index in [0.29, 0.717) is 0 Å². The van der Waals surface area contributed by atoms with Crippen LogP contribution in [0.2, 0.25) is 0 Å². The molecule has 1 aliphatic carbocycles. The number of hydrogen-bond donors (Lipinski definition) is 0. The van der Waals surface area contributed by atoms with Gasteiger partial charge in [0.05, 0.1) is 0 Å². The molecule has 1 aromatic carbocycles. The van der Waals surface area contributed by atoms with E-state index in [1.807, 2.05) is 0 Å². The Morgan fingerprint density at radius 2 is 1.93 bits per heavy atom. The van der Waals surface area contributed by atoms with Gasteiger partial charge in [-0.25, -0.2) is 0 Å². The Morgan fingerprint density at radius 3 is 2.43 bits per heavy atom. The van der Waals surface area contributed by atoms with Gasteiger partial charge in [0, 0.05) is 4.83 Å². The molecule has 0 heterocycles.